The van der Waals surface area contributed by atoms with Gasteiger partial charge in [-0.15, -0.1) is 0 Å². The zero-order chi connectivity index (χ0) is 13.0. The van der Waals surface area contributed by atoms with E-state index >= 15 is 0 Å². The molecule has 3 nitrogen and oxygen atoms in total. The van der Waals surface area contributed by atoms with Gasteiger partial charge in [-0.05, 0) is 24.6 Å². The number of fused-ring (bicyclic) bond motifs is 1. The summed E-state index contributed by atoms with van der Waals surface area (Å²) in [4.78, 5) is 4.43. The highest BCUT2D eigenvalue weighted by Gasteiger charge is 2.13. The van der Waals surface area contributed by atoms with Crippen LogP contribution < -0.4 is 4.74 Å². The monoisotopic (exact) mass is 235 g/mol. The van der Waals surface area contributed by atoms with Crippen LogP contribution in [0, 0.1) is 6.92 Å². The first-order valence-corrected chi connectivity index (χ1v) is 6.07. The minimum Gasteiger partial charge on any atom is -0.494 e. The molecule has 94 valence electrons. The molecule has 0 fully saturated rings. The number of aryl methyl sites for hydroxylation is 1. The Morgan fingerprint density at radius 3 is 2.41 bits per heavy atom. The Morgan fingerprint density at radius 1 is 1.24 bits per heavy atom. The Morgan fingerprint density at radius 2 is 1.88 bits per heavy atom. The molecule has 0 saturated heterocycles. The first-order valence-electron chi connectivity index (χ1n) is 6.07. The Kier molecular flexibility index (Phi) is 4.55. The minimum atomic E-state index is 0.294. The number of hydrogen-bond acceptors (Lipinski definition) is 3. The number of nitrogens with zero attached hydrogens (tertiary/aromatic N) is 1. The molecule has 0 aliphatic heterocycles. The number of hydrogen-bond donors (Lipinski definition) is 0. The second kappa shape index (κ2) is 5.71. The van der Waals surface area contributed by atoms with Gasteiger partial charge < -0.3 is 9.15 Å². The van der Waals surface area contributed by atoms with E-state index in [0.29, 0.717) is 5.92 Å². The summed E-state index contributed by atoms with van der Waals surface area (Å²) in [5.41, 5.74) is 2.73. The molecule has 2 aromatic rings. The number of oxazole rings is 1. The molecule has 17 heavy (non-hydrogen) atoms. The van der Waals surface area contributed by atoms with Crippen molar-refractivity contribution in [2.75, 3.05) is 7.11 Å². The third-order valence-electron chi connectivity index (χ3n) is 2.33. The van der Waals surface area contributed by atoms with Crippen molar-refractivity contribution in [1.82, 2.24) is 4.98 Å². The molecular formula is C14H21NO2. The van der Waals surface area contributed by atoms with E-state index in [9.17, 15) is 0 Å². The summed E-state index contributed by atoms with van der Waals surface area (Å²) < 4.78 is 10.9. The molecule has 0 amide bonds. The van der Waals surface area contributed by atoms with Crippen LogP contribution in [-0.2, 0) is 0 Å². The Balaban J connectivity index is 0.000000686. The van der Waals surface area contributed by atoms with Crippen molar-refractivity contribution in [1.29, 1.82) is 0 Å². The fourth-order valence-electron chi connectivity index (χ4n) is 1.55. The summed E-state index contributed by atoms with van der Waals surface area (Å²) in [7, 11) is 1.65. The van der Waals surface area contributed by atoms with E-state index in [1.807, 2.05) is 32.9 Å². The van der Waals surface area contributed by atoms with Crippen LogP contribution in [0.25, 0.3) is 11.1 Å². The Labute approximate surface area is 103 Å². The van der Waals surface area contributed by atoms with E-state index < -0.39 is 0 Å². The van der Waals surface area contributed by atoms with E-state index in [1.54, 1.807) is 7.11 Å². The Hall–Kier alpha value is -1.51. The van der Waals surface area contributed by atoms with Crippen LogP contribution in [0.4, 0.5) is 0 Å². The zero-order valence-corrected chi connectivity index (χ0v) is 11.5. The average Bonchev–Trinajstić information content (AvgIpc) is 2.74. The van der Waals surface area contributed by atoms with Crippen LogP contribution in [0.3, 0.4) is 0 Å². The third-order valence-corrected chi connectivity index (χ3v) is 2.33. The molecule has 2 rings (SSSR count). The molecule has 0 saturated carbocycles. The van der Waals surface area contributed by atoms with Gasteiger partial charge in [-0.25, -0.2) is 4.98 Å². The van der Waals surface area contributed by atoms with Crippen molar-refractivity contribution in [3.8, 4) is 5.75 Å². The van der Waals surface area contributed by atoms with Gasteiger partial charge in [-0.3, -0.25) is 0 Å². The van der Waals surface area contributed by atoms with Gasteiger partial charge in [0.25, 0.3) is 0 Å². The van der Waals surface area contributed by atoms with Crippen LogP contribution in [-0.4, -0.2) is 12.1 Å². The largest absolute Gasteiger partial charge is 0.494 e. The molecule has 0 N–H and O–H groups in total. The van der Waals surface area contributed by atoms with Crippen molar-refractivity contribution >= 4 is 11.1 Å². The summed E-state index contributed by atoms with van der Waals surface area (Å²) in [5.74, 6) is 1.83. The minimum absolute atomic E-state index is 0.294. The molecule has 0 atom stereocenters. The number of ether oxygens (including phenoxy) is 1. The van der Waals surface area contributed by atoms with Crippen molar-refractivity contribution in [2.45, 2.75) is 40.5 Å². The second-order valence-corrected chi connectivity index (χ2v) is 4.02. The predicted octanol–water partition coefficient (Wildman–Crippen LogP) is 4.29. The quantitative estimate of drug-likeness (QED) is 0.778. The van der Waals surface area contributed by atoms with E-state index in [2.05, 4.69) is 18.8 Å². The van der Waals surface area contributed by atoms with Gasteiger partial charge in [-0.2, -0.15) is 0 Å². The SMILES string of the molecule is CC.COc1cc(C)cc2oc(C(C)C)nc12. The molecule has 0 aliphatic carbocycles. The molecule has 1 aromatic heterocycles. The van der Waals surface area contributed by atoms with Gasteiger partial charge in [0.1, 0.15) is 5.75 Å². The fourth-order valence-corrected chi connectivity index (χ4v) is 1.55. The fraction of sp³-hybridized carbons (Fsp3) is 0.500. The van der Waals surface area contributed by atoms with E-state index in [-0.39, 0.29) is 0 Å². The molecule has 0 bridgehead atoms. The van der Waals surface area contributed by atoms with Gasteiger partial charge in [-0.1, -0.05) is 27.7 Å². The second-order valence-electron chi connectivity index (χ2n) is 4.02. The van der Waals surface area contributed by atoms with Crippen molar-refractivity contribution in [3.63, 3.8) is 0 Å². The molecule has 0 radical (unpaired) electrons. The maximum Gasteiger partial charge on any atom is 0.198 e. The summed E-state index contributed by atoms with van der Waals surface area (Å²) in [5, 5.41) is 0. The first-order chi connectivity index (χ1) is 8.11. The lowest BCUT2D eigenvalue weighted by atomic mass is 10.2. The van der Waals surface area contributed by atoms with Crippen molar-refractivity contribution in [3.05, 3.63) is 23.6 Å². The predicted molar refractivity (Wildman–Crippen MR) is 70.7 cm³/mol. The topological polar surface area (TPSA) is 35.3 Å². The maximum atomic E-state index is 5.66. The van der Waals surface area contributed by atoms with Gasteiger partial charge in [0, 0.05) is 5.92 Å². The molecule has 0 aliphatic rings. The number of methoxy groups -OCH3 is 1. The van der Waals surface area contributed by atoms with Crippen LogP contribution in [0.1, 0.15) is 45.1 Å². The summed E-state index contributed by atoms with van der Waals surface area (Å²) >= 11 is 0. The summed E-state index contributed by atoms with van der Waals surface area (Å²) in [6.45, 7) is 10.1. The number of rotatable bonds is 2. The van der Waals surface area contributed by atoms with Gasteiger partial charge >= 0.3 is 0 Å². The Bertz CT molecular complexity index is 486. The molecule has 0 unspecified atom stereocenters. The number of aromatic nitrogens is 1. The average molecular weight is 235 g/mol. The van der Waals surface area contributed by atoms with Gasteiger partial charge in [0.05, 0.1) is 7.11 Å². The molecule has 0 spiro atoms. The first kappa shape index (κ1) is 13.6. The van der Waals surface area contributed by atoms with E-state index in [4.69, 9.17) is 9.15 Å². The van der Waals surface area contributed by atoms with E-state index in [1.165, 1.54) is 0 Å². The lowest BCUT2D eigenvalue weighted by Crippen LogP contribution is -1.87. The molecular weight excluding hydrogens is 214 g/mol. The highest BCUT2D eigenvalue weighted by atomic mass is 16.5. The highest BCUT2D eigenvalue weighted by molar-refractivity contribution is 5.80. The lowest BCUT2D eigenvalue weighted by molar-refractivity contribution is 0.418. The molecule has 1 aromatic carbocycles. The standard InChI is InChI=1S/C12H15NO2.C2H6/c1-7(2)12-13-11-9(14-4)5-8(3)6-10(11)15-12;1-2/h5-7H,1-4H3;1-2H3. The maximum absolute atomic E-state index is 5.66. The normalized spacial score (nSPS) is 10.3. The zero-order valence-electron chi connectivity index (χ0n) is 11.5. The highest BCUT2D eigenvalue weighted by Crippen LogP contribution is 2.29. The molecule has 1 heterocycles. The third kappa shape index (κ3) is 2.78. The molecule has 3 heteroatoms. The smallest absolute Gasteiger partial charge is 0.198 e. The lowest BCUT2D eigenvalue weighted by Gasteiger charge is -2.00. The van der Waals surface area contributed by atoms with Crippen LogP contribution in [0.15, 0.2) is 16.5 Å². The van der Waals surface area contributed by atoms with Crippen molar-refractivity contribution in [2.24, 2.45) is 0 Å². The van der Waals surface area contributed by atoms with Crippen molar-refractivity contribution < 1.29 is 9.15 Å². The summed E-state index contributed by atoms with van der Waals surface area (Å²) in [6.07, 6.45) is 0. The van der Waals surface area contributed by atoms with Gasteiger partial charge in [0.2, 0.25) is 0 Å². The number of benzene rings is 1. The van der Waals surface area contributed by atoms with Crippen LogP contribution >= 0.6 is 0 Å². The van der Waals surface area contributed by atoms with E-state index in [0.717, 1.165) is 28.3 Å². The van der Waals surface area contributed by atoms with Crippen LogP contribution in [0.2, 0.25) is 0 Å². The van der Waals surface area contributed by atoms with Crippen LogP contribution in [0.5, 0.6) is 5.75 Å². The van der Waals surface area contributed by atoms with Gasteiger partial charge in [0.15, 0.2) is 17.0 Å². The summed E-state index contributed by atoms with van der Waals surface area (Å²) in [6, 6.07) is 3.95.